The highest BCUT2D eigenvalue weighted by molar-refractivity contribution is 5.92. The van der Waals surface area contributed by atoms with Crippen LogP contribution >= 0.6 is 0 Å². The number of carbonyl (C=O) groups is 1. The van der Waals surface area contributed by atoms with E-state index < -0.39 is 11.6 Å². The minimum Gasteiger partial charge on any atom is -0.352 e. The molecule has 9 heteroatoms. The number of aromatic nitrogens is 4. The Labute approximate surface area is 172 Å². The molecule has 3 aromatic rings. The lowest BCUT2D eigenvalue weighted by Crippen LogP contribution is -2.48. The highest BCUT2D eigenvalue weighted by Gasteiger charge is 2.21. The SMILES string of the molecule is Cc1ccn(-c2ccc(N3CCN(C(=O)/C=C/c4cc(F)ccc4F)CC3)nn2)n1. The average Bonchev–Trinajstić information content (AvgIpc) is 3.21. The van der Waals surface area contributed by atoms with E-state index in [1.54, 1.807) is 9.58 Å². The first-order chi connectivity index (χ1) is 14.5. The normalized spacial score (nSPS) is 14.5. The molecule has 0 saturated carbocycles. The van der Waals surface area contributed by atoms with Gasteiger partial charge in [0.25, 0.3) is 0 Å². The van der Waals surface area contributed by atoms with Gasteiger partial charge in [-0.1, -0.05) is 0 Å². The fourth-order valence-electron chi connectivity index (χ4n) is 3.22. The van der Waals surface area contributed by atoms with Crippen LogP contribution < -0.4 is 4.90 Å². The van der Waals surface area contributed by atoms with Gasteiger partial charge in [0.15, 0.2) is 11.6 Å². The lowest BCUT2D eigenvalue weighted by molar-refractivity contribution is -0.126. The third kappa shape index (κ3) is 4.35. The Kier molecular flexibility index (Phi) is 5.51. The van der Waals surface area contributed by atoms with Crippen LogP contribution in [-0.4, -0.2) is 57.0 Å². The molecule has 0 unspecified atom stereocenters. The molecule has 1 aromatic carbocycles. The van der Waals surface area contributed by atoms with Crippen molar-refractivity contribution in [2.24, 2.45) is 0 Å². The van der Waals surface area contributed by atoms with E-state index in [4.69, 9.17) is 0 Å². The molecule has 0 N–H and O–H groups in total. The van der Waals surface area contributed by atoms with Gasteiger partial charge in [-0.2, -0.15) is 5.10 Å². The van der Waals surface area contributed by atoms with E-state index in [2.05, 4.69) is 15.3 Å². The molecule has 7 nitrogen and oxygen atoms in total. The summed E-state index contributed by atoms with van der Waals surface area (Å²) in [6.45, 7) is 4.10. The Morgan fingerprint density at radius 2 is 1.73 bits per heavy atom. The lowest BCUT2D eigenvalue weighted by Gasteiger charge is -2.34. The highest BCUT2D eigenvalue weighted by Crippen LogP contribution is 2.15. The zero-order valence-corrected chi connectivity index (χ0v) is 16.4. The summed E-state index contributed by atoms with van der Waals surface area (Å²) in [5, 5.41) is 12.8. The van der Waals surface area contributed by atoms with Crippen LogP contribution in [0.15, 0.2) is 48.7 Å². The van der Waals surface area contributed by atoms with Crippen LogP contribution in [0.25, 0.3) is 11.9 Å². The largest absolute Gasteiger partial charge is 0.352 e. The molecule has 30 heavy (non-hydrogen) atoms. The van der Waals surface area contributed by atoms with Gasteiger partial charge in [-0.05, 0) is 49.4 Å². The molecule has 2 aromatic heterocycles. The van der Waals surface area contributed by atoms with Crippen molar-refractivity contribution in [3.8, 4) is 5.82 Å². The fourth-order valence-corrected chi connectivity index (χ4v) is 3.22. The molecule has 1 aliphatic rings. The summed E-state index contributed by atoms with van der Waals surface area (Å²) in [4.78, 5) is 16.1. The number of carbonyl (C=O) groups excluding carboxylic acids is 1. The van der Waals surface area contributed by atoms with Crippen molar-refractivity contribution in [2.75, 3.05) is 31.1 Å². The summed E-state index contributed by atoms with van der Waals surface area (Å²) in [6, 6.07) is 8.76. The van der Waals surface area contributed by atoms with Gasteiger partial charge in [-0.25, -0.2) is 13.5 Å². The van der Waals surface area contributed by atoms with E-state index in [1.165, 1.54) is 12.2 Å². The summed E-state index contributed by atoms with van der Waals surface area (Å²) >= 11 is 0. The molecule has 0 bridgehead atoms. The van der Waals surface area contributed by atoms with Gasteiger partial charge in [0.2, 0.25) is 5.91 Å². The number of rotatable bonds is 4. The molecule has 0 spiro atoms. The summed E-state index contributed by atoms with van der Waals surface area (Å²) in [5.41, 5.74) is 0.945. The lowest BCUT2D eigenvalue weighted by atomic mass is 10.2. The van der Waals surface area contributed by atoms with Gasteiger partial charge in [0.05, 0.1) is 5.69 Å². The van der Waals surface area contributed by atoms with Gasteiger partial charge >= 0.3 is 0 Å². The predicted octanol–water partition coefficient (Wildman–Crippen LogP) is 2.61. The molecule has 1 saturated heterocycles. The second-order valence-electron chi connectivity index (χ2n) is 6.96. The van der Waals surface area contributed by atoms with Crippen molar-refractivity contribution in [3.05, 3.63) is 71.6 Å². The first-order valence-electron chi connectivity index (χ1n) is 9.53. The summed E-state index contributed by atoms with van der Waals surface area (Å²) in [6.07, 6.45) is 4.40. The average molecular weight is 410 g/mol. The minimum absolute atomic E-state index is 0.0460. The Hall–Kier alpha value is -3.62. The molecule has 154 valence electrons. The van der Waals surface area contributed by atoms with Crippen LogP contribution in [0.4, 0.5) is 14.6 Å². The monoisotopic (exact) mass is 410 g/mol. The first kappa shape index (κ1) is 19.7. The van der Waals surface area contributed by atoms with Crippen LogP contribution in [0.3, 0.4) is 0 Å². The van der Waals surface area contributed by atoms with Crippen molar-refractivity contribution in [2.45, 2.75) is 6.92 Å². The number of hydrogen-bond donors (Lipinski definition) is 0. The maximum atomic E-state index is 13.7. The molecule has 1 amide bonds. The van der Waals surface area contributed by atoms with E-state index >= 15 is 0 Å². The number of halogens is 2. The number of amides is 1. The summed E-state index contributed by atoms with van der Waals surface area (Å²) < 4.78 is 28.6. The topological polar surface area (TPSA) is 67.2 Å². The summed E-state index contributed by atoms with van der Waals surface area (Å²) in [7, 11) is 0. The van der Waals surface area contributed by atoms with Crippen LogP contribution in [-0.2, 0) is 4.79 Å². The van der Waals surface area contributed by atoms with Crippen molar-refractivity contribution in [3.63, 3.8) is 0 Å². The third-order valence-corrected chi connectivity index (χ3v) is 4.87. The standard InChI is InChI=1S/C21H20F2N6O/c1-15-8-9-29(26-15)20-6-5-19(24-25-20)27-10-12-28(13-11-27)21(30)7-2-16-14-17(22)3-4-18(16)23/h2-9,14H,10-13H2,1H3/b7-2+. The Morgan fingerprint density at radius 3 is 2.40 bits per heavy atom. The number of hydrogen-bond acceptors (Lipinski definition) is 5. The van der Waals surface area contributed by atoms with E-state index in [1.807, 2.05) is 36.2 Å². The number of piperazine rings is 1. The maximum Gasteiger partial charge on any atom is 0.246 e. The quantitative estimate of drug-likeness (QED) is 0.619. The second kappa shape index (κ2) is 8.40. The highest BCUT2D eigenvalue weighted by atomic mass is 19.1. The van der Waals surface area contributed by atoms with Crippen molar-refractivity contribution in [1.82, 2.24) is 24.9 Å². The zero-order valence-electron chi connectivity index (χ0n) is 16.4. The maximum absolute atomic E-state index is 13.7. The fraction of sp³-hybridized carbons (Fsp3) is 0.238. The molecular weight excluding hydrogens is 390 g/mol. The number of benzene rings is 1. The van der Waals surface area contributed by atoms with Crippen LogP contribution in [0.5, 0.6) is 0 Å². The van der Waals surface area contributed by atoms with E-state index in [-0.39, 0.29) is 11.5 Å². The predicted molar refractivity (Wildman–Crippen MR) is 108 cm³/mol. The molecule has 0 radical (unpaired) electrons. The van der Waals surface area contributed by atoms with Crippen molar-refractivity contribution in [1.29, 1.82) is 0 Å². The van der Waals surface area contributed by atoms with E-state index in [0.717, 1.165) is 29.7 Å². The number of anilines is 1. The first-order valence-corrected chi connectivity index (χ1v) is 9.53. The van der Waals surface area contributed by atoms with E-state index in [0.29, 0.717) is 32.0 Å². The van der Waals surface area contributed by atoms with Crippen LogP contribution in [0, 0.1) is 18.6 Å². The second-order valence-corrected chi connectivity index (χ2v) is 6.96. The van der Waals surface area contributed by atoms with Gasteiger partial charge < -0.3 is 9.80 Å². The zero-order chi connectivity index (χ0) is 21.1. The molecule has 1 fully saturated rings. The Balaban J connectivity index is 1.35. The number of nitrogens with zero attached hydrogens (tertiary/aromatic N) is 6. The van der Waals surface area contributed by atoms with Crippen LogP contribution in [0.1, 0.15) is 11.3 Å². The van der Waals surface area contributed by atoms with E-state index in [9.17, 15) is 13.6 Å². The summed E-state index contributed by atoms with van der Waals surface area (Å²) in [5.74, 6) is 0.000716. The smallest absolute Gasteiger partial charge is 0.246 e. The molecule has 4 rings (SSSR count). The van der Waals surface area contributed by atoms with Gasteiger partial charge in [0.1, 0.15) is 11.6 Å². The van der Waals surface area contributed by atoms with Gasteiger partial charge in [0, 0.05) is 44.0 Å². The van der Waals surface area contributed by atoms with Crippen LogP contribution in [0.2, 0.25) is 0 Å². The Morgan fingerprint density at radius 1 is 1.00 bits per heavy atom. The van der Waals surface area contributed by atoms with Gasteiger partial charge in [-0.15, -0.1) is 10.2 Å². The van der Waals surface area contributed by atoms with Gasteiger partial charge in [-0.3, -0.25) is 4.79 Å². The Bertz CT molecular complexity index is 1070. The molecule has 3 heterocycles. The third-order valence-electron chi connectivity index (χ3n) is 4.87. The minimum atomic E-state index is -0.572. The molecule has 1 aliphatic heterocycles. The van der Waals surface area contributed by atoms with Crippen molar-refractivity contribution >= 4 is 17.8 Å². The van der Waals surface area contributed by atoms with Crippen molar-refractivity contribution < 1.29 is 13.6 Å². The molecule has 0 atom stereocenters. The molecule has 0 aliphatic carbocycles. The molecular formula is C21H20F2N6O. The number of aryl methyl sites for hydroxylation is 1.